The Morgan fingerprint density at radius 3 is 2.65 bits per heavy atom. The first kappa shape index (κ1) is 31.0. The molecule has 260 valence electrons. The van der Waals surface area contributed by atoms with Gasteiger partial charge in [-0.15, -0.1) is 0 Å². The highest BCUT2D eigenvalue weighted by molar-refractivity contribution is 6.06. The summed E-state index contributed by atoms with van der Waals surface area (Å²) in [6.07, 6.45) is 34.4. The van der Waals surface area contributed by atoms with Gasteiger partial charge in [0.1, 0.15) is 0 Å². The van der Waals surface area contributed by atoms with E-state index in [1.54, 1.807) is 16.7 Å². The molecule has 1 fully saturated rings. The molecular weight excluding hydrogens is 651 g/mol. The zero-order valence-corrected chi connectivity index (χ0v) is 30.8. The number of hydrogen-bond acceptors (Lipinski definition) is 1. The van der Waals surface area contributed by atoms with Gasteiger partial charge in [0.05, 0.1) is 11.1 Å². The van der Waals surface area contributed by atoms with E-state index in [0.29, 0.717) is 35.5 Å². The van der Waals surface area contributed by atoms with Crippen LogP contribution in [0.15, 0.2) is 178 Å². The molecule has 1 spiro atoms. The van der Waals surface area contributed by atoms with Crippen LogP contribution in [0.1, 0.15) is 72.8 Å². The Kier molecular flexibility index (Phi) is 6.61. The lowest BCUT2D eigenvalue weighted by molar-refractivity contribution is 0.301. The zero-order chi connectivity index (χ0) is 35.5. The predicted octanol–water partition coefficient (Wildman–Crippen LogP) is 12.0. The van der Waals surface area contributed by atoms with Gasteiger partial charge in [0, 0.05) is 29.0 Å². The topological polar surface area (TPSA) is 12.4 Å². The van der Waals surface area contributed by atoms with Crippen molar-refractivity contribution in [2.75, 3.05) is 0 Å². The summed E-state index contributed by atoms with van der Waals surface area (Å²) in [6, 6.07) is 32.4. The van der Waals surface area contributed by atoms with Crippen LogP contribution in [-0.4, -0.2) is 5.71 Å². The first-order valence-corrected chi connectivity index (χ1v) is 20.4. The number of benzene rings is 2. The largest absolute Gasteiger partial charge is 0.253 e. The molecule has 7 unspecified atom stereocenters. The highest BCUT2D eigenvalue weighted by Gasteiger charge is 2.61. The number of rotatable bonds is 2. The van der Waals surface area contributed by atoms with Crippen molar-refractivity contribution in [2.24, 2.45) is 40.5 Å². The molecule has 3 aromatic rings. The molecule has 8 atom stereocenters. The Bertz CT molecular complexity index is 2510. The van der Waals surface area contributed by atoms with Crippen molar-refractivity contribution in [3.63, 3.8) is 0 Å². The van der Waals surface area contributed by atoms with Crippen LogP contribution in [0.5, 0.6) is 0 Å². The minimum absolute atomic E-state index is 0.271. The van der Waals surface area contributed by atoms with Gasteiger partial charge in [-0.05, 0) is 130 Å². The molecule has 0 saturated heterocycles. The highest BCUT2D eigenvalue weighted by Crippen LogP contribution is 2.70. The molecule has 8 aliphatic carbocycles. The van der Waals surface area contributed by atoms with E-state index in [0.717, 1.165) is 32.1 Å². The van der Waals surface area contributed by atoms with Crippen molar-refractivity contribution in [2.45, 2.75) is 50.4 Å². The molecule has 0 aromatic heterocycles. The third-order valence-corrected chi connectivity index (χ3v) is 14.7. The van der Waals surface area contributed by atoms with E-state index in [-0.39, 0.29) is 5.92 Å². The molecule has 1 heterocycles. The summed E-state index contributed by atoms with van der Waals surface area (Å²) in [5.41, 5.74) is 19.4. The molecule has 0 N–H and O–H groups in total. The Hall–Kier alpha value is -5.45. The lowest BCUT2D eigenvalue weighted by Gasteiger charge is -2.42. The van der Waals surface area contributed by atoms with Crippen LogP contribution in [0.3, 0.4) is 0 Å². The van der Waals surface area contributed by atoms with E-state index in [4.69, 9.17) is 4.99 Å². The van der Waals surface area contributed by atoms with Crippen molar-refractivity contribution in [3.8, 4) is 0 Å². The van der Waals surface area contributed by atoms with Gasteiger partial charge in [-0.3, -0.25) is 4.99 Å². The first-order valence-electron chi connectivity index (χ1n) is 20.4. The number of nitrogens with zero attached hydrogens (tertiary/aromatic N) is 1. The monoisotopic (exact) mass is 693 g/mol. The lowest BCUT2D eigenvalue weighted by atomic mass is 9.60. The molecule has 3 aromatic carbocycles. The fraction of sp³-hybridized carbons (Fsp3) is 0.264. The van der Waals surface area contributed by atoms with Crippen molar-refractivity contribution < 1.29 is 0 Å². The van der Waals surface area contributed by atoms with Gasteiger partial charge in [0.25, 0.3) is 0 Å². The fourth-order valence-corrected chi connectivity index (χ4v) is 12.6. The van der Waals surface area contributed by atoms with Gasteiger partial charge in [-0.25, -0.2) is 0 Å². The smallest absolute Gasteiger partial charge is 0.0765 e. The quantitative estimate of drug-likeness (QED) is 0.253. The van der Waals surface area contributed by atoms with Gasteiger partial charge < -0.3 is 0 Å². The molecule has 1 saturated carbocycles. The first-order chi connectivity index (χ1) is 26.7. The Balaban J connectivity index is 1.09. The molecule has 9 aliphatic rings. The van der Waals surface area contributed by atoms with Gasteiger partial charge in [0.2, 0.25) is 0 Å². The third-order valence-electron chi connectivity index (χ3n) is 14.7. The number of allylic oxidation sites excluding steroid dienone is 19. The van der Waals surface area contributed by atoms with Gasteiger partial charge in [0.15, 0.2) is 0 Å². The molecule has 0 amide bonds. The second kappa shape index (κ2) is 11.5. The van der Waals surface area contributed by atoms with Gasteiger partial charge >= 0.3 is 0 Å². The average Bonchev–Trinajstić information content (AvgIpc) is 3.67. The van der Waals surface area contributed by atoms with Crippen LogP contribution >= 0.6 is 0 Å². The van der Waals surface area contributed by atoms with Gasteiger partial charge in [-0.2, -0.15) is 0 Å². The fourth-order valence-electron chi connectivity index (χ4n) is 12.6. The van der Waals surface area contributed by atoms with Crippen LogP contribution in [0.25, 0.3) is 11.1 Å². The van der Waals surface area contributed by atoms with E-state index < -0.39 is 5.41 Å². The minimum Gasteiger partial charge on any atom is -0.253 e. The maximum atomic E-state index is 5.68. The second-order valence-corrected chi connectivity index (χ2v) is 17.0. The van der Waals surface area contributed by atoms with E-state index in [2.05, 4.69) is 159 Å². The number of hydrogen-bond donors (Lipinski definition) is 0. The van der Waals surface area contributed by atoms with Crippen molar-refractivity contribution in [1.29, 1.82) is 0 Å². The molecule has 1 heteroatoms. The number of fused-ring (bicyclic) bond motifs is 12. The maximum absolute atomic E-state index is 5.68. The SMILES string of the molecule is CC1C(C2=CC3=C(C=CC2)c2ccc#cc2[C@]32C3=C(c4ccccc42)C2C=CC=C4C5C=CC=CC5C(C3)C42)=NC2=C(CCC=C2)CC1c1ccccc1. The lowest BCUT2D eigenvalue weighted by Crippen LogP contribution is -2.35. The standard InChI is InChI=1S/C53H43N/c1-32-43(33-15-3-2-4-16-33)29-34-17-5-12-28-49(34)54-52(32)35-18-13-23-39-38-21-8-10-26-45(38)53(47(39)30-35)46-27-11-9-22-41(46)51-42-25-14-24-40-36-19-6-7-20-37(36)44(50(40)42)31-48(51)53/h2-4,6-9,11-16,19-25,27-28,30,32,36-37,42-44,50H,5,17-18,29,31H2,1H3/t32?,36?,37?,42?,43?,44?,50?,53-/m1/s1. The van der Waals surface area contributed by atoms with Crippen molar-refractivity contribution >= 4 is 16.9 Å². The average molecular weight is 694 g/mol. The maximum Gasteiger partial charge on any atom is 0.0765 e. The summed E-state index contributed by atoms with van der Waals surface area (Å²) in [5.74, 6) is 3.17. The van der Waals surface area contributed by atoms with E-state index >= 15 is 0 Å². The summed E-state index contributed by atoms with van der Waals surface area (Å²) in [7, 11) is 0. The van der Waals surface area contributed by atoms with Crippen LogP contribution < -0.4 is 0 Å². The molecule has 12 rings (SSSR count). The predicted molar refractivity (Wildman–Crippen MR) is 220 cm³/mol. The molecule has 1 aliphatic heterocycles. The Morgan fingerprint density at radius 2 is 1.70 bits per heavy atom. The Morgan fingerprint density at radius 1 is 0.833 bits per heavy atom. The summed E-state index contributed by atoms with van der Waals surface area (Å²) >= 11 is 0. The summed E-state index contributed by atoms with van der Waals surface area (Å²) in [5, 5.41) is 0. The van der Waals surface area contributed by atoms with Crippen LogP contribution in [0.2, 0.25) is 0 Å². The van der Waals surface area contributed by atoms with E-state index in [1.807, 2.05) is 0 Å². The molecular formula is C53H43N. The normalized spacial score (nSPS) is 33.1. The van der Waals surface area contributed by atoms with Crippen LogP contribution in [0.4, 0.5) is 0 Å². The van der Waals surface area contributed by atoms with Crippen LogP contribution in [0, 0.1) is 47.6 Å². The summed E-state index contributed by atoms with van der Waals surface area (Å²) in [6.45, 7) is 2.45. The zero-order valence-electron chi connectivity index (χ0n) is 30.8. The van der Waals surface area contributed by atoms with E-state index in [1.165, 1.54) is 61.5 Å². The molecule has 54 heavy (non-hydrogen) atoms. The number of aliphatic imine (C=N–C) groups is 1. The van der Waals surface area contributed by atoms with Crippen molar-refractivity contribution in [3.05, 3.63) is 213 Å². The molecule has 0 bridgehead atoms. The van der Waals surface area contributed by atoms with Gasteiger partial charge in [-0.1, -0.05) is 146 Å². The minimum atomic E-state index is -0.413. The summed E-state index contributed by atoms with van der Waals surface area (Å²) < 4.78 is 0. The Labute approximate surface area is 319 Å². The summed E-state index contributed by atoms with van der Waals surface area (Å²) in [4.78, 5) is 5.68. The van der Waals surface area contributed by atoms with E-state index in [9.17, 15) is 0 Å². The third kappa shape index (κ3) is 4.04. The highest BCUT2D eigenvalue weighted by atomic mass is 14.8. The molecule has 0 radical (unpaired) electrons. The molecule has 1 nitrogen and oxygen atoms in total. The van der Waals surface area contributed by atoms with Crippen molar-refractivity contribution in [1.82, 2.24) is 0 Å². The second-order valence-electron chi connectivity index (χ2n) is 17.0. The van der Waals surface area contributed by atoms with Crippen LogP contribution in [-0.2, 0) is 5.41 Å².